The van der Waals surface area contributed by atoms with Gasteiger partial charge in [0.15, 0.2) is 6.61 Å². The Balaban J connectivity index is 4.17. The van der Waals surface area contributed by atoms with E-state index in [0.717, 1.165) is 0 Å². The lowest BCUT2D eigenvalue weighted by Crippen LogP contribution is -2.41. The molecule has 0 aromatic rings. The van der Waals surface area contributed by atoms with Crippen molar-refractivity contribution in [2.24, 2.45) is 0 Å². The maximum absolute atomic E-state index is 11.1. The minimum absolute atomic E-state index is 0.251. The van der Waals surface area contributed by atoms with Gasteiger partial charge in [-0.25, -0.2) is 4.79 Å². The Morgan fingerprint density at radius 1 is 1.33 bits per heavy atom. The molecule has 5 nitrogen and oxygen atoms in total. The Labute approximate surface area is 89.6 Å². The van der Waals surface area contributed by atoms with Crippen LogP contribution in [-0.4, -0.2) is 36.9 Å². The average Bonchev–Trinajstić information content (AvgIpc) is 2.15. The molecular weight excluding hydrogens is 200 g/mol. The van der Waals surface area contributed by atoms with Crippen LogP contribution in [0.3, 0.4) is 0 Å². The molecule has 0 fully saturated rings. The van der Waals surface area contributed by atoms with Gasteiger partial charge in [-0.1, -0.05) is 6.58 Å². The predicted octanol–water partition coefficient (Wildman–Crippen LogP) is 0.825. The molecule has 0 aliphatic heterocycles. The molecule has 0 heterocycles. The molecule has 0 atom stereocenters. The molecule has 1 N–H and O–H groups in total. The molecule has 5 heteroatoms. The Bertz CT molecular complexity index is 218. The van der Waals surface area contributed by atoms with E-state index in [-0.39, 0.29) is 25.4 Å². The van der Waals surface area contributed by atoms with E-state index in [4.69, 9.17) is 14.2 Å². The highest BCUT2D eigenvalue weighted by Gasteiger charge is 2.30. The zero-order valence-electron chi connectivity index (χ0n) is 9.41. The second-order valence-electron chi connectivity index (χ2n) is 2.94. The standard InChI is InChI=1S/C10H18O5/c1-5-14-10(12,15-6-2)7-13-9(11)8(3)4/h12H,3,5-7H2,1-2,4H3. The topological polar surface area (TPSA) is 65.0 Å². The summed E-state index contributed by atoms with van der Waals surface area (Å²) < 4.78 is 14.6. The Morgan fingerprint density at radius 2 is 1.80 bits per heavy atom. The molecule has 0 saturated carbocycles. The number of ether oxygens (including phenoxy) is 3. The minimum Gasteiger partial charge on any atom is -0.454 e. The van der Waals surface area contributed by atoms with Crippen molar-refractivity contribution in [1.82, 2.24) is 0 Å². The van der Waals surface area contributed by atoms with E-state index in [1.54, 1.807) is 13.8 Å². The number of hydrogen-bond acceptors (Lipinski definition) is 5. The molecule has 0 bridgehead atoms. The van der Waals surface area contributed by atoms with Crippen LogP contribution in [0.1, 0.15) is 20.8 Å². The highest BCUT2D eigenvalue weighted by atomic mass is 16.8. The van der Waals surface area contributed by atoms with Gasteiger partial charge in [0.25, 0.3) is 0 Å². The van der Waals surface area contributed by atoms with E-state index in [0.29, 0.717) is 0 Å². The van der Waals surface area contributed by atoms with Crippen LogP contribution in [-0.2, 0) is 19.0 Å². The normalized spacial score (nSPS) is 11.2. The SMILES string of the molecule is C=C(C)C(=O)OCC(O)(OCC)OCC. The van der Waals surface area contributed by atoms with Gasteiger partial charge in [-0.15, -0.1) is 0 Å². The van der Waals surface area contributed by atoms with Crippen LogP contribution in [0, 0.1) is 0 Å². The quantitative estimate of drug-likeness (QED) is 0.389. The first-order valence-corrected chi connectivity index (χ1v) is 4.78. The first-order valence-electron chi connectivity index (χ1n) is 4.78. The predicted molar refractivity (Wildman–Crippen MR) is 54.0 cm³/mol. The van der Waals surface area contributed by atoms with Crippen LogP contribution in [0.15, 0.2) is 12.2 Å². The molecule has 0 spiro atoms. The smallest absolute Gasteiger partial charge is 0.333 e. The summed E-state index contributed by atoms with van der Waals surface area (Å²) in [7, 11) is 0. The second kappa shape index (κ2) is 6.55. The van der Waals surface area contributed by atoms with E-state index < -0.39 is 11.9 Å². The van der Waals surface area contributed by atoms with E-state index in [1.165, 1.54) is 6.92 Å². The van der Waals surface area contributed by atoms with Crippen LogP contribution in [0.5, 0.6) is 0 Å². The third-order valence-corrected chi connectivity index (χ3v) is 1.47. The third-order valence-electron chi connectivity index (χ3n) is 1.47. The van der Waals surface area contributed by atoms with Gasteiger partial charge in [0, 0.05) is 18.8 Å². The zero-order valence-corrected chi connectivity index (χ0v) is 9.41. The number of carbonyl (C=O) groups is 1. The van der Waals surface area contributed by atoms with Gasteiger partial charge >= 0.3 is 11.9 Å². The summed E-state index contributed by atoms with van der Waals surface area (Å²) in [6.07, 6.45) is 0. The molecule has 0 rings (SSSR count). The molecule has 0 aromatic carbocycles. The van der Waals surface area contributed by atoms with E-state index in [1.807, 2.05) is 0 Å². The molecule has 0 amide bonds. The van der Waals surface area contributed by atoms with Crippen LogP contribution < -0.4 is 0 Å². The summed E-state index contributed by atoms with van der Waals surface area (Å²) in [5, 5.41) is 9.69. The van der Waals surface area contributed by atoms with Crippen molar-refractivity contribution >= 4 is 5.97 Å². The van der Waals surface area contributed by atoms with Gasteiger partial charge in [0.05, 0.1) is 0 Å². The second-order valence-corrected chi connectivity index (χ2v) is 2.94. The largest absolute Gasteiger partial charge is 0.454 e. The molecular formula is C10H18O5. The molecule has 0 unspecified atom stereocenters. The van der Waals surface area contributed by atoms with Crippen molar-refractivity contribution in [2.45, 2.75) is 26.7 Å². The third kappa shape index (κ3) is 5.51. The molecule has 88 valence electrons. The average molecular weight is 218 g/mol. The molecule has 15 heavy (non-hydrogen) atoms. The van der Waals surface area contributed by atoms with Crippen LogP contribution in [0.4, 0.5) is 0 Å². The Morgan fingerprint density at radius 3 is 2.13 bits per heavy atom. The van der Waals surface area contributed by atoms with Gasteiger partial charge < -0.3 is 19.3 Å². The highest BCUT2D eigenvalue weighted by molar-refractivity contribution is 5.86. The van der Waals surface area contributed by atoms with Crippen molar-refractivity contribution in [3.8, 4) is 0 Å². The van der Waals surface area contributed by atoms with Crippen molar-refractivity contribution in [3.63, 3.8) is 0 Å². The summed E-state index contributed by atoms with van der Waals surface area (Å²) in [5.41, 5.74) is 0.255. The molecule has 0 saturated heterocycles. The fourth-order valence-electron chi connectivity index (χ4n) is 0.856. The van der Waals surface area contributed by atoms with Gasteiger partial charge in [-0.05, 0) is 20.8 Å². The first-order chi connectivity index (χ1) is 6.95. The molecule has 0 radical (unpaired) electrons. The van der Waals surface area contributed by atoms with E-state index >= 15 is 0 Å². The summed E-state index contributed by atoms with van der Waals surface area (Å²) in [6.45, 7) is 8.45. The summed E-state index contributed by atoms with van der Waals surface area (Å²) in [6, 6.07) is 0. The number of hydrogen-bond donors (Lipinski definition) is 1. The van der Waals surface area contributed by atoms with Crippen LogP contribution >= 0.6 is 0 Å². The molecule has 0 aromatic heterocycles. The van der Waals surface area contributed by atoms with E-state index in [2.05, 4.69) is 6.58 Å². The highest BCUT2D eigenvalue weighted by Crippen LogP contribution is 2.10. The number of esters is 1. The maximum Gasteiger partial charge on any atom is 0.333 e. The lowest BCUT2D eigenvalue weighted by atomic mass is 10.4. The summed E-state index contributed by atoms with van der Waals surface area (Å²) in [4.78, 5) is 11.1. The van der Waals surface area contributed by atoms with Gasteiger partial charge in [0.2, 0.25) is 0 Å². The van der Waals surface area contributed by atoms with Crippen LogP contribution in [0.2, 0.25) is 0 Å². The van der Waals surface area contributed by atoms with Crippen molar-refractivity contribution in [1.29, 1.82) is 0 Å². The van der Waals surface area contributed by atoms with Gasteiger partial charge in [-0.2, -0.15) is 0 Å². The van der Waals surface area contributed by atoms with Gasteiger partial charge in [0.1, 0.15) is 0 Å². The van der Waals surface area contributed by atoms with Crippen molar-refractivity contribution < 1.29 is 24.1 Å². The fourth-order valence-corrected chi connectivity index (χ4v) is 0.856. The summed E-state index contributed by atoms with van der Waals surface area (Å²) in [5.74, 6) is -2.46. The van der Waals surface area contributed by atoms with Crippen molar-refractivity contribution in [3.05, 3.63) is 12.2 Å². The van der Waals surface area contributed by atoms with E-state index in [9.17, 15) is 9.90 Å². The van der Waals surface area contributed by atoms with Crippen molar-refractivity contribution in [2.75, 3.05) is 19.8 Å². The number of carbonyl (C=O) groups excluding carboxylic acids is 1. The Kier molecular flexibility index (Phi) is 6.15. The minimum atomic E-state index is -1.87. The lowest BCUT2D eigenvalue weighted by Gasteiger charge is -2.26. The fraction of sp³-hybridized carbons (Fsp3) is 0.700. The first kappa shape index (κ1) is 14.1. The number of aliphatic hydroxyl groups is 1. The zero-order chi connectivity index (χ0) is 11.9. The monoisotopic (exact) mass is 218 g/mol. The molecule has 0 aliphatic rings. The lowest BCUT2D eigenvalue weighted by molar-refractivity contribution is -0.369. The Hall–Kier alpha value is -0.910. The number of rotatable bonds is 7. The van der Waals surface area contributed by atoms with Crippen LogP contribution in [0.25, 0.3) is 0 Å². The van der Waals surface area contributed by atoms with Gasteiger partial charge in [-0.3, -0.25) is 0 Å². The maximum atomic E-state index is 11.1. The summed E-state index contributed by atoms with van der Waals surface area (Å²) >= 11 is 0. The molecule has 0 aliphatic carbocycles.